The third kappa shape index (κ3) is 7.37. The Bertz CT molecular complexity index is 1170. The highest BCUT2D eigenvalue weighted by Gasteiger charge is 2.32. The first kappa shape index (κ1) is 27.3. The molecule has 1 heterocycles. The van der Waals surface area contributed by atoms with Gasteiger partial charge in [-0.05, 0) is 56.2 Å². The number of ether oxygens (including phenoxy) is 4. The van der Waals surface area contributed by atoms with Gasteiger partial charge in [0.1, 0.15) is 12.4 Å². The molecule has 2 aromatic carbocycles. The molecule has 2 aromatic rings. The van der Waals surface area contributed by atoms with Crippen molar-refractivity contribution in [1.29, 1.82) is 0 Å². The number of allylic oxidation sites excluding steroid dienone is 1. The molecule has 0 bridgehead atoms. The summed E-state index contributed by atoms with van der Waals surface area (Å²) in [4.78, 5) is 24.4. The molecule has 0 aromatic heterocycles. The van der Waals surface area contributed by atoms with Crippen LogP contribution in [-0.4, -0.2) is 56.5 Å². The highest BCUT2D eigenvalue weighted by molar-refractivity contribution is 5.95. The molecule has 198 valence electrons. The standard InChI is InChI=1S/C26H32N4O7/c1-5-35-19-9-7-8-17(12-19)14-27-30-22(31)15-37-20-11-10-18(13-21(20)36-6-2)24-23(25(32)34-4)16(3)28-26(33)29-24/h7-14,22,24,30-31H,5-6,15H2,1-4H3,(H2,28,29,33)/b27-14+/t22-,24+/m1/s1. The predicted octanol–water partition coefficient (Wildman–Crippen LogP) is 2.61. The first-order valence-corrected chi connectivity index (χ1v) is 11.8. The van der Waals surface area contributed by atoms with Crippen LogP contribution < -0.4 is 30.3 Å². The second kappa shape index (κ2) is 13.2. The van der Waals surface area contributed by atoms with Crippen LogP contribution in [0.15, 0.2) is 58.8 Å². The summed E-state index contributed by atoms with van der Waals surface area (Å²) in [5.41, 5.74) is 4.70. The molecule has 2 amide bonds. The molecule has 2 atom stereocenters. The molecule has 0 radical (unpaired) electrons. The van der Waals surface area contributed by atoms with E-state index in [4.69, 9.17) is 18.9 Å². The van der Waals surface area contributed by atoms with Gasteiger partial charge in [-0.3, -0.25) is 5.43 Å². The molecule has 37 heavy (non-hydrogen) atoms. The zero-order chi connectivity index (χ0) is 26.8. The maximum absolute atomic E-state index is 12.4. The predicted molar refractivity (Wildman–Crippen MR) is 137 cm³/mol. The summed E-state index contributed by atoms with van der Waals surface area (Å²) in [5, 5.41) is 19.6. The van der Waals surface area contributed by atoms with Crippen molar-refractivity contribution < 1.29 is 33.6 Å². The van der Waals surface area contributed by atoms with E-state index < -0.39 is 24.3 Å². The number of benzene rings is 2. The molecule has 0 saturated carbocycles. The Morgan fingerprint density at radius 1 is 1.14 bits per heavy atom. The molecular weight excluding hydrogens is 480 g/mol. The molecule has 3 rings (SSSR count). The van der Waals surface area contributed by atoms with Crippen LogP contribution in [-0.2, 0) is 9.53 Å². The van der Waals surface area contributed by atoms with Crippen molar-refractivity contribution in [3.63, 3.8) is 0 Å². The van der Waals surface area contributed by atoms with Crippen molar-refractivity contribution in [3.8, 4) is 17.2 Å². The van der Waals surface area contributed by atoms with Gasteiger partial charge in [0.15, 0.2) is 17.7 Å². The summed E-state index contributed by atoms with van der Waals surface area (Å²) < 4.78 is 21.8. The van der Waals surface area contributed by atoms with Gasteiger partial charge >= 0.3 is 12.0 Å². The minimum Gasteiger partial charge on any atom is -0.494 e. The average Bonchev–Trinajstić information content (AvgIpc) is 2.87. The van der Waals surface area contributed by atoms with E-state index in [-0.39, 0.29) is 12.2 Å². The van der Waals surface area contributed by atoms with Crippen LogP contribution in [0.25, 0.3) is 0 Å². The van der Waals surface area contributed by atoms with Crippen LogP contribution in [0.3, 0.4) is 0 Å². The van der Waals surface area contributed by atoms with Crippen molar-refractivity contribution in [2.24, 2.45) is 5.10 Å². The SMILES string of the molecule is CCOc1cccc(/C=N/N[C@H](O)COc2ccc([C@@H]3NC(=O)NC(C)=C3C(=O)OC)cc2OCC)c1. The minimum atomic E-state index is -1.10. The molecular formula is C26H32N4O7. The van der Waals surface area contributed by atoms with Gasteiger partial charge in [0.25, 0.3) is 0 Å². The number of aliphatic hydroxyl groups is 1. The van der Waals surface area contributed by atoms with E-state index in [2.05, 4.69) is 21.2 Å². The van der Waals surface area contributed by atoms with Crippen LogP contribution in [0.5, 0.6) is 17.2 Å². The second-order valence-electron chi connectivity index (χ2n) is 7.92. The summed E-state index contributed by atoms with van der Waals surface area (Å²) in [6, 6.07) is 11.2. The fourth-order valence-electron chi connectivity index (χ4n) is 3.67. The Labute approximate surface area is 215 Å². The largest absolute Gasteiger partial charge is 0.494 e. The number of esters is 1. The highest BCUT2D eigenvalue weighted by atomic mass is 16.5. The number of hydrazone groups is 1. The topological polar surface area (TPSA) is 140 Å². The molecule has 11 nitrogen and oxygen atoms in total. The number of hydrogen-bond donors (Lipinski definition) is 4. The summed E-state index contributed by atoms with van der Waals surface area (Å²) in [6.45, 7) is 6.15. The first-order chi connectivity index (χ1) is 17.9. The van der Waals surface area contributed by atoms with Gasteiger partial charge in [-0.15, -0.1) is 0 Å². The molecule has 0 aliphatic carbocycles. The number of amides is 2. The van der Waals surface area contributed by atoms with Gasteiger partial charge in [0.05, 0.1) is 38.2 Å². The van der Waals surface area contributed by atoms with Crippen molar-refractivity contribution >= 4 is 18.2 Å². The zero-order valence-corrected chi connectivity index (χ0v) is 21.2. The van der Waals surface area contributed by atoms with Gasteiger partial charge in [-0.25, -0.2) is 9.59 Å². The smallest absolute Gasteiger partial charge is 0.337 e. The van der Waals surface area contributed by atoms with E-state index in [1.54, 1.807) is 31.3 Å². The third-order valence-electron chi connectivity index (χ3n) is 5.28. The summed E-state index contributed by atoms with van der Waals surface area (Å²) in [7, 11) is 1.28. The van der Waals surface area contributed by atoms with Gasteiger partial charge in [0, 0.05) is 5.70 Å². The number of urea groups is 1. The van der Waals surface area contributed by atoms with E-state index in [9.17, 15) is 14.7 Å². The maximum atomic E-state index is 12.4. The van der Waals surface area contributed by atoms with Gasteiger partial charge in [-0.2, -0.15) is 5.10 Å². The number of rotatable bonds is 12. The zero-order valence-electron chi connectivity index (χ0n) is 21.2. The van der Waals surface area contributed by atoms with Crippen LogP contribution in [0.2, 0.25) is 0 Å². The monoisotopic (exact) mass is 512 g/mol. The van der Waals surface area contributed by atoms with E-state index >= 15 is 0 Å². The number of carbonyl (C=O) groups excluding carboxylic acids is 2. The van der Waals surface area contributed by atoms with Gasteiger partial charge in [-0.1, -0.05) is 18.2 Å². The number of nitrogens with zero attached hydrogens (tertiary/aromatic N) is 1. The van der Waals surface area contributed by atoms with Gasteiger partial charge < -0.3 is 34.7 Å². The number of nitrogens with one attached hydrogen (secondary N) is 3. The minimum absolute atomic E-state index is 0.119. The maximum Gasteiger partial charge on any atom is 0.337 e. The van der Waals surface area contributed by atoms with Crippen LogP contribution in [0.4, 0.5) is 4.79 Å². The van der Waals surface area contributed by atoms with Crippen molar-refractivity contribution in [2.45, 2.75) is 33.0 Å². The van der Waals surface area contributed by atoms with Crippen LogP contribution >= 0.6 is 0 Å². The molecule has 11 heteroatoms. The number of aliphatic hydroxyl groups excluding tert-OH is 1. The van der Waals surface area contributed by atoms with Crippen molar-refractivity contribution in [3.05, 3.63) is 64.9 Å². The van der Waals surface area contributed by atoms with Crippen molar-refractivity contribution in [2.75, 3.05) is 26.9 Å². The molecule has 0 fully saturated rings. The lowest BCUT2D eigenvalue weighted by Crippen LogP contribution is -2.45. The van der Waals surface area contributed by atoms with E-state index in [0.29, 0.717) is 36.0 Å². The molecule has 1 aliphatic heterocycles. The lowest BCUT2D eigenvalue weighted by Gasteiger charge is -2.28. The lowest BCUT2D eigenvalue weighted by atomic mass is 9.95. The number of hydrogen-bond acceptors (Lipinski definition) is 9. The number of carbonyl (C=O) groups is 2. The quantitative estimate of drug-likeness (QED) is 0.147. The second-order valence-corrected chi connectivity index (χ2v) is 7.92. The van der Waals surface area contributed by atoms with E-state index in [1.807, 2.05) is 38.1 Å². The third-order valence-corrected chi connectivity index (χ3v) is 5.28. The summed E-state index contributed by atoms with van der Waals surface area (Å²) >= 11 is 0. The molecule has 4 N–H and O–H groups in total. The molecule has 0 saturated heterocycles. The van der Waals surface area contributed by atoms with E-state index in [0.717, 1.165) is 11.3 Å². The number of methoxy groups -OCH3 is 1. The lowest BCUT2D eigenvalue weighted by molar-refractivity contribution is -0.136. The Balaban J connectivity index is 1.68. The van der Waals surface area contributed by atoms with Crippen molar-refractivity contribution in [1.82, 2.24) is 16.1 Å². The Hall–Kier alpha value is -4.25. The first-order valence-electron chi connectivity index (χ1n) is 11.8. The van der Waals surface area contributed by atoms with Gasteiger partial charge in [0.2, 0.25) is 0 Å². The molecule has 0 spiro atoms. The van der Waals surface area contributed by atoms with Crippen LogP contribution in [0.1, 0.15) is 37.9 Å². The summed E-state index contributed by atoms with van der Waals surface area (Å²) in [6.07, 6.45) is 0.467. The molecule has 0 unspecified atom stereocenters. The normalized spacial score (nSPS) is 16.0. The Morgan fingerprint density at radius 2 is 1.92 bits per heavy atom. The molecule has 1 aliphatic rings. The van der Waals surface area contributed by atoms with E-state index in [1.165, 1.54) is 7.11 Å². The Kier molecular flexibility index (Phi) is 9.73. The summed E-state index contributed by atoms with van der Waals surface area (Å²) in [5.74, 6) is 0.932. The van der Waals surface area contributed by atoms with Crippen LogP contribution in [0, 0.1) is 0 Å². The average molecular weight is 513 g/mol. The fraction of sp³-hybridized carbons (Fsp3) is 0.346. The highest BCUT2D eigenvalue weighted by Crippen LogP contribution is 2.34. The fourth-order valence-corrected chi connectivity index (χ4v) is 3.67. The Morgan fingerprint density at radius 3 is 2.65 bits per heavy atom.